The van der Waals surface area contributed by atoms with Crippen molar-refractivity contribution >= 4 is 28.6 Å². The first-order valence-corrected chi connectivity index (χ1v) is 7.61. The predicted molar refractivity (Wildman–Crippen MR) is 84.6 cm³/mol. The third-order valence-corrected chi connectivity index (χ3v) is 3.95. The molecule has 0 aliphatic carbocycles. The number of anilines is 1. The van der Waals surface area contributed by atoms with E-state index in [0.717, 1.165) is 22.1 Å². The summed E-state index contributed by atoms with van der Waals surface area (Å²) in [6, 6.07) is 12.2. The summed E-state index contributed by atoms with van der Waals surface area (Å²) in [5.41, 5.74) is 2.23. The van der Waals surface area contributed by atoms with Gasteiger partial charge in [0.2, 0.25) is 0 Å². The SMILES string of the molecule is COCCOCc1cccc(NCc2ccc(Cl)s2)c1. The number of methoxy groups -OCH3 is 1. The number of thiophene rings is 1. The van der Waals surface area contributed by atoms with Crippen LogP contribution in [0.15, 0.2) is 36.4 Å². The van der Waals surface area contributed by atoms with Crippen molar-refractivity contribution in [2.45, 2.75) is 13.2 Å². The summed E-state index contributed by atoms with van der Waals surface area (Å²) in [5.74, 6) is 0. The zero-order chi connectivity index (χ0) is 14.2. The Balaban J connectivity index is 1.82. The van der Waals surface area contributed by atoms with Crippen LogP contribution in [0.3, 0.4) is 0 Å². The minimum atomic E-state index is 0.601. The summed E-state index contributed by atoms with van der Waals surface area (Å²) in [6.45, 7) is 2.62. The Bertz CT molecular complexity index is 530. The van der Waals surface area contributed by atoms with E-state index in [1.807, 2.05) is 24.3 Å². The number of nitrogens with one attached hydrogen (secondary N) is 1. The smallest absolute Gasteiger partial charge is 0.0931 e. The lowest BCUT2D eigenvalue weighted by molar-refractivity contribution is 0.0617. The van der Waals surface area contributed by atoms with Crippen molar-refractivity contribution < 1.29 is 9.47 Å². The van der Waals surface area contributed by atoms with Crippen molar-refractivity contribution in [3.63, 3.8) is 0 Å². The van der Waals surface area contributed by atoms with Crippen LogP contribution in [0.4, 0.5) is 5.69 Å². The molecular formula is C15H18ClNO2S. The lowest BCUT2D eigenvalue weighted by atomic mass is 10.2. The van der Waals surface area contributed by atoms with Crippen LogP contribution in [0, 0.1) is 0 Å². The lowest BCUT2D eigenvalue weighted by Gasteiger charge is -2.08. The molecule has 108 valence electrons. The number of ether oxygens (including phenoxy) is 2. The summed E-state index contributed by atoms with van der Waals surface area (Å²) in [5, 5.41) is 3.39. The number of hydrogen-bond donors (Lipinski definition) is 1. The van der Waals surface area contributed by atoms with Gasteiger partial charge >= 0.3 is 0 Å². The van der Waals surface area contributed by atoms with Crippen LogP contribution in [0.2, 0.25) is 4.34 Å². The van der Waals surface area contributed by atoms with Crippen LogP contribution >= 0.6 is 22.9 Å². The van der Waals surface area contributed by atoms with Gasteiger partial charge in [0.25, 0.3) is 0 Å². The molecule has 0 saturated heterocycles. The second kappa shape index (κ2) is 8.27. The van der Waals surface area contributed by atoms with Crippen LogP contribution < -0.4 is 5.32 Å². The number of benzene rings is 1. The number of rotatable bonds is 8. The first kappa shape index (κ1) is 15.3. The summed E-state index contributed by atoms with van der Waals surface area (Å²) < 4.78 is 11.3. The fourth-order valence-electron chi connectivity index (χ4n) is 1.74. The van der Waals surface area contributed by atoms with Gasteiger partial charge in [0.05, 0.1) is 24.2 Å². The zero-order valence-electron chi connectivity index (χ0n) is 11.4. The Hall–Kier alpha value is -1.07. The normalized spacial score (nSPS) is 10.7. The van der Waals surface area contributed by atoms with E-state index in [4.69, 9.17) is 21.1 Å². The second-order valence-corrected chi connectivity index (χ2v) is 6.10. The lowest BCUT2D eigenvalue weighted by Crippen LogP contribution is -2.02. The molecule has 3 nitrogen and oxygen atoms in total. The van der Waals surface area contributed by atoms with Gasteiger partial charge in [0.15, 0.2) is 0 Å². The van der Waals surface area contributed by atoms with Crippen LogP contribution in [-0.2, 0) is 22.6 Å². The number of halogens is 1. The molecule has 1 aromatic carbocycles. The van der Waals surface area contributed by atoms with Gasteiger partial charge in [-0.25, -0.2) is 0 Å². The van der Waals surface area contributed by atoms with Gasteiger partial charge in [-0.2, -0.15) is 0 Å². The molecule has 0 fully saturated rings. The Labute approximate surface area is 128 Å². The van der Waals surface area contributed by atoms with Crippen molar-refractivity contribution in [2.75, 3.05) is 25.6 Å². The first-order valence-electron chi connectivity index (χ1n) is 6.41. The Kier molecular flexibility index (Phi) is 6.33. The van der Waals surface area contributed by atoms with Crippen LogP contribution in [0.1, 0.15) is 10.4 Å². The molecule has 1 N–H and O–H groups in total. The maximum atomic E-state index is 5.91. The largest absolute Gasteiger partial charge is 0.382 e. The summed E-state index contributed by atoms with van der Waals surface area (Å²) >= 11 is 7.51. The van der Waals surface area contributed by atoms with E-state index in [-0.39, 0.29) is 0 Å². The van der Waals surface area contributed by atoms with Gasteiger partial charge < -0.3 is 14.8 Å². The maximum Gasteiger partial charge on any atom is 0.0931 e. The van der Waals surface area contributed by atoms with Crippen molar-refractivity contribution in [1.82, 2.24) is 0 Å². The topological polar surface area (TPSA) is 30.5 Å². The molecule has 0 unspecified atom stereocenters. The van der Waals surface area contributed by atoms with Crippen molar-refractivity contribution in [1.29, 1.82) is 0 Å². The molecule has 0 aliphatic heterocycles. The van der Waals surface area contributed by atoms with E-state index in [0.29, 0.717) is 19.8 Å². The van der Waals surface area contributed by atoms with Crippen molar-refractivity contribution in [3.8, 4) is 0 Å². The fourth-order valence-corrected chi connectivity index (χ4v) is 2.77. The molecule has 0 amide bonds. The van der Waals surface area contributed by atoms with Crippen molar-refractivity contribution in [3.05, 3.63) is 51.2 Å². The van der Waals surface area contributed by atoms with E-state index in [2.05, 4.69) is 17.4 Å². The molecule has 0 atom stereocenters. The molecule has 1 heterocycles. The van der Waals surface area contributed by atoms with Gasteiger partial charge in [0, 0.05) is 24.2 Å². The van der Waals surface area contributed by atoms with Gasteiger partial charge in [0.1, 0.15) is 0 Å². The average molecular weight is 312 g/mol. The third kappa shape index (κ3) is 5.13. The van der Waals surface area contributed by atoms with Crippen LogP contribution in [0.25, 0.3) is 0 Å². The highest BCUT2D eigenvalue weighted by Crippen LogP contribution is 2.22. The molecule has 0 spiro atoms. The average Bonchev–Trinajstić information content (AvgIpc) is 2.88. The Morgan fingerprint density at radius 3 is 2.85 bits per heavy atom. The Morgan fingerprint density at radius 2 is 2.10 bits per heavy atom. The minimum Gasteiger partial charge on any atom is -0.382 e. The molecule has 0 bridgehead atoms. The van der Waals surface area contributed by atoms with E-state index in [9.17, 15) is 0 Å². The fraction of sp³-hybridized carbons (Fsp3) is 0.333. The maximum absolute atomic E-state index is 5.91. The van der Waals surface area contributed by atoms with Gasteiger partial charge in [-0.15, -0.1) is 11.3 Å². The highest BCUT2D eigenvalue weighted by molar-refractivity contribution is 7.16. The van der Waals surface area contributed by atoms with Gasteiger partial charge in [-0.3, -0.25) is 0 Å². The van der Waals surface area contributed by atoms with E-state index in [1.165, 1.54) is 4.88 Å². The monoisotopic (exact) mass is 311 g/mol. The molecule has 5 heteroatoms. The summed E-state index contributed by atoms with van der Waals surface area (Å²) in [4.78, 5) is 1.22. The van der Waals surface area contributed by atoms with E-state index in [1.54, 1.807) is 18.4 Å². The standard InChI is InChI=1S/C15H18ClNO2S/c1-18-7-8-19-11-12-3-2-4-13(9-12)17-10-14-5-6-15(16)20-14/h2-6,9,17H,7-8,10-11H2,1H3. The van der Waals surface area contributed by atoms with Crippen LogP contribution in [0.5, 0.6) is 0 Å². The molecule has 0 radical (unpaired) electrons. The third-order valence-electron chi connectivity index (χ3n) is 2.72. The zero-order valence-corrected chi connectivity index (χ0v) is 13.0. The first-order chi connectivity index (χ1) is 9.78. The molecule has 20 heavy (non-hydrogen) atoms. The highest BCUT2D eigenvalue weighted by atomic mass is 35.5. The quantitative estimate of drug-likeness (QED) is 0.742. The molecule has 2 rings (SSSR count). The summed E-state index contributed by atoms with van der Waals surface area (Å²) in [6.07, 6.45) is 0. The van der Waals surface area contributed by atoms with E-state index < -0.39 is 0 Å². The molecule has 1 aromatic heterocycles. The molecular weight excluding hydrogens is 294 g/mol. The van der Waals surface area contributed by atoms with Crippen LogP contribution in [-0.4, -0.2) is 20.3 Å². The van der Waals surface area contributed by atoms with E-state index >= 15 is 0 Å². The second-order valence-electron chi connectivity index (χ2n) is 4.31. The molecule has 0 saturated carbocycles. The molecule has 0 aliphatic rings. The Morgan fingerprint density at radius 1 is 1.20 bits per heavy atom. The minimum absolute atomic E-state index is 0.601. The predicted octanol–water partition coefficient (Wildman–Crippen LogP) is 4.18. The van der Waals surface area contributed by atoms with Gasteiger partial charge in [-0.1, -0.05) is 23.7 Å². The summed E-state index contributed by atoms with van der Waals surface area (Å²) in [7, 11) is 1.67. The highest BCUT2D eigenvalue weighted by Gasteiger charge is 2.00. The van der Waals surface area contributed by atoms with Crippen molar-refractivity contribution in [2.24, 2.45) is 0 Å². The van der Waals surface area contributed by atoms with Gasteiger partial charge in [-0.05, 0) is 29.8 Å². The number of hydrogen-bond acceptors (Lipinski definition) is 4. The molecule has 2 aromatic rings.